The van der Waals surface area contributed by atoms with Gasteiger partial charge in [-0.15, -0.1) is 0 Å². The maximum absolute atomic E-state index is 4.26. The molecule has 0 saturated carbocycles. The summed E-state index contributed by atoms with van der Waals surface area (Å²) >= 11 is 0. The third-order valence-electron chi connectivity index (χ3n) is 2.69. The smallest absolute Gasteiger partial charge is 0.0409 e. The SMILES string of the molecule is CCCCC.Cc1ccnc(C)c1C(C)C. The highest BCUT2D eigenvalue weighted by Crippen LogP contribution is 2.20. The van der Waals surface area contributed by atoms with Gasteiger partial charge in [-0.2, -0.15) is 0 Å². The Bertz CT molecular complexity index is 267. The zero-order valence-corrected chi connectivity index (χ0v) is 11.8. The fraction of sp³-hybridized carbons (Fsp3) is 0.667. The van der Waals surface area contributed by atoms with Gasteiger partial charge in [-0.05, 0) is 37.0 Å². The topological polar surface area (TPSA) is 12.9 Å². The van der Waals surface area contributed by atoms with Crippen molar-refractivity contribution in [3.05, 3.63) is 29.1 Å². The quantitative estimate of drug-likeness (QED) is 0.698. The molecule has 0 aliphatic rings. The molecule has 1 heterocycles. The standard InChI is InChI=1S/C10H15N.C5H12/c1-7(2)10-8(3)5-6-11-9(10)4;1-3-5-4-2/h5-7H,1-4H3;3-5H2,1-2H3. The molecule has 0 N–H and O–H groups in total. The molecule has 1 nitrogen and oxygen atoms in total. The van der Waals surface area contributed by atoms with Crippen LogP contribution in [-0.4, -0.2) is 4.98 Å². The number of hydrogen-bond acceptors (Lipinski definition) is 1. The summed E-state index contributed by atoms with van der Waals surface area (Å²) in [7, 11) is 0. The predicted octanol–water partition coefficient (Wildman–Crippen LogP) is 5.02. The molecule has 0 radical (unpaired) electrons. The second-order valence-electron chi connectivity index (χ2n) is 4.64. The highest BCUT2D eigenvalue weighted by atomic mass is 14.7. The highest BCUT2D eigenvalue weighted by Gasteiger charge is 2.05. The molecule has 1 rings (SSSR count). The van der Waals surface area contributed by atoms with Gasteiger partial charge in [0.1, 0.15) is 0 Å². The molecule has 0 spiro atoms. The molecule has 0 amide bonds. The van der Waals surface area contributed by atoms with Crippen LogP contribution in [0.1, 0.15) is 69.7 Å². The van der Waals surface area contributed by atoms with E-state index >= 15 is 0 Å². The van der Waals surface area contributed by atoms with Crippen molar-refractivity contribution in [1.82, 2.24) is 4.98 Å². The molecule has 0 unspecified atom stereocenters. The maximum atomic E-state index is 4.26. The summed E-state index contributed by atoms with van der Waals surface area (Å²) in [6, 6.07) is 2.07. The van der Waals surface area contributed by atoms with E-state index in [0.717, 1.165) is 0 Å². The number of hydrogen-bond donors (Lipinski definition) is 0. The first-order valence-corrected chi connectivity index (χ1v) is 6.46. The number of pyridine rings is 1. The molecule has 0 saturated heterocycles. The van der Waals surface area contributed by atoms with E-state index in [-0.39, 0.29) is 0 Å². The van der Waals surface area contributed by atoms with Gasteiger partial charge in [0, 0.05) is 11.9 Å². The van der Waals surface area contributed by atoms with Crippen LogP contribution in [0.3, 0.4) is 0 Å². The Balaban J connectivity index is 0.000000385. The molecule has 0 bridgehead atoms. The van der Waals surface area contributed by atoms with E-state index in [2.05, 4.69) is 52.6 Å². The lowest BCUT2D eigenvalue weighted by Gasteiger charge is -2.11. The summed E-state index contributed by atoms with van der Waals surface area (Å²) < 4.78 is 0. The lowest BCUT2D eigenvalue weighted by molar-refractivity contribution is 0.772. The van der Waals surface area contributed by atoms with Gasteiger partial charge in [0.05, 0.1) is 0 Å². The summed E-state index contributed by atoms with van der Waals surface area (Å²) in [5.74, 6) is 0.587. The average Bonchev–Trinajstić information content (AvgIpc) is 2.19. The lowest BCUT2D eigenvalue weighted by atomic mass is 9.97. The Morgan fingerprint density at radius 1 is 1.12 bits per heavy atom. The first kappa shape index (κ1) is 15.2. The minimum atomic E-state index is 0.587. The molecule has 92 valence electrons. The Morgan fingerprint density at radius 3 is 1.94 bits per heavy atom. The van der Waals surface area contributed by atoms with Gasteiger partial charge in [-0.1, -0.05) is 47.0 Å². The van der Waals surface area contributed by atoms with Crippen molar-refractivity contribution in [2.45, 2.75) is 66.7 Å². The predicted molar refractivity (Wildman–Crippen MR) is 73.0 cm³/mol. The van der Waals surface area contributed by atoms with Crippen molar-refractivity contribution >= 4 is 0 Å². The van der Waals surface area contributed by atoms with Crippen molar-refractivity contribution in [3.8, 4) is 0 Å². The molecule has 0 fully saturated rings. The van der Waals surface area contributed by atoms with Gasteiger partial charge in [0.15, 0.2) is 0 Å². The van der Waals surface area contributed by atoms with Gasteiger partial charge in [0.2, 0.25) is 0 Å². The largest absolute Gasteiger partial charge is 0.261 e. The zero-order chi connectivity index (χ0) is 12.6. The Morgan fingerprint density at radius 2 is 1.69 bits per heavy atom. The van der Waals surface area contributed by atoms with Crippen molar-refractivity contribution in [2.75, 3.05) is 0 Å². The first-order valence-electron chi connectivity index (χ1n) is 6.46. The second kappa shape index (κ2) is 8.32. The van der Waals surface area contributed by atoms with Gasteiger partial charge >= 0.3 is 0 Å². The third-order valence-corrected chi connectivity index (χ3v) is 2.69. The van der Waals surface area contributed by atoms with Crippen LogP contribution in [-0.2, 0) is 0 Å². The van der Waals surface area contributed by atoms with Crippen LogP contribution in [0.25, 0.3) is 0 Å². The Kier molecular flexibility index (Phi) is 7.88. The van der Waals surface area contributed by atoms with E-state index in [1.54, 1.807) is 0 Å². The van der Waals surface area contributed by atoms with Crippen molar-refractivity contribution < 1.29 is 0 Å². The number of unbranched alkanes of at least 4 members (excludes halogenated alkanes) is 2. The number of aryl methyl sites for hydroxylation is 2. The van der Waals surface area contributed by atoms with E-state index in [0.29, 0.717) is 5.92 Å². The molecule has 1 aromatic heterocycles. The van der Waals surface area contributed by atoms with Crippen molar-refractivity contribution in [2.24, 2.45) is 0 Å². The second-order valence-corrected chi connectivity index (χ2v) is 4.64. The summed E-state index contributed by atoms with van der Waals surface area (Å²) in [5.41, 5.74) is 3.92. The van der Waals surface area contributed by atoms with Crippen LogP contribution in [0.2, 0.25) is 0 Å². The van der Waals surface area contributed by atoms with E-state index in [1.165, 1.54) is 36.1 Å². The molecule has 0 aromatic carbocycles. The molecule has 1 aromatic rings. The lowest BCUT2D eigenvalue weighted by Crippen LogP contribution is -1.97. The van der Waals surface area contributed by atoms with Crippen LogP contribution >= 0.6 is 0 Å². The van der Waals surface area contributed by atoms with Gasteiger partial charge < -0.3 is 0 Å². The van der Waals surface area contributed by atoms with E-state index in [9.17, 15) is 0 Å². The van der Waals surface area contributed by atoms with Gasteiger partial charge in [0.25, 0.3) is 0 Å². The number of rotatable bonds is 3. The highest BCUT2D eigenvalue weighted by molar-refractivity contribution is 5.30. The Hall–Kier alpha value is -0.850. The van der Waals surface area contributed by atoms with Crippen LogP contribution < -0.4 is 0 Å². The van der Waals surface area contributed by atoms with E-state index < -0.39 is 0 Å². The number of aromatic nitrogens is 1. The van der Waals surface area contributed by atoms with Crippen LogP contribution in [0.15, 0.2) is 12.3 Å². The van der Waals surface area contributed by atoms with Crippen molar-refractivity contribution in [3.63, 3.8) is 0 Å². The first-order chi connectivity index (χ1) is 7.54. The van der Waals surface area contributed by atoms with Crippen LogP contribution in [0.4, 0.5) is 0 Å². The Labute approximate surface area is 101 Å². The number of nitrogens with zero attached hydrogens (tertiary/aromatic N) is 1. The van der Waals surface area contributed by atoms with Crippen LogP contribution in [0.5, 0.6) is 0 Å². The summed E-state index contributed by atoms with van der Waals surface area (Å²) in [6.07, 6.45) is 5.95. The molecular weight excluding hydrogens is 194 g/mol. The molecule has 0 atom stereocenters. The molecule has 1 heteroatoms. The monoisotopic (exact) mass is 221 g/mol. The maximum Gasteiger partial charge on any atom is 0.0409 e. The fourth-order valence-corrected chi connectivity index (χ4v) is 1.93. The summed E-state index contributed by atoms with van der Waals surface area (Å²) in [6.45, 7) is 13.0. The normalized spacial score (nSPS) is 9.94. The van der Waals surface area contributed by atoms with Gasteiger partial charge in [-0.25, -0.2) is 0 Å². The van der Waals surface area contributed by atoms with E-state index in [4.69, 9.17) is 0 Å². The minimum absolute atomic E-state index is 0.587. The van der Waals surface area contributed by atoms with Crippen LogP contribution in [0, 0.1) is 13.8 Å². The minimum Gasteiger partial charge on any atom is -0.261 e. The van der Waals surface area contributed by atoms with Gasteiger partial charge in [-0.3, -0.25) is 4.98 Å². The molecule has 16 heavy (non-hydrogen) atoms. The van der Waals surface area contributed by atoms with E-state index in [1.807, 2.05) is 6.20 Å². The third kappa shape index (κ3) is 5.29. The zero-order valence-electron chi connectivity index (χ0n) is 11.8. The summed E-state index contributed by atoms with van der Waals surface area (Å²) in [5, 5.41) is 0. The summed E-state index contributed by atoms with van der Waals surface area (Å²) in [4.78, 5) is 4.26. The fourth-order valence-electron chi connectivity index (χ4n) is 1.93. The molecule has 0 aliphatic carbocycles. The molecule has 0 aliphatic heterocycles. The van der Waals surface area contributed by atoms with Crippen molar-refractivity contribution in [1.29, 1.82) is 0 Å². The molecular formula is C15H27N. The average molecular weight is 221 g/mol.